The van der Waals surface area contributed by atoms with E-state index < -0.39 is 11.9 Å². The van der Waals surface area contributed by atoms with Crippen LogP contribution in [0, 0.1) is 0 Å². The quantitative estimate of drug-likeness (QED) is 0.448. The van der Waals surface area contributed by atoms with Crippen molar-refractivity contribution in [2.75, 3.05) is 12.0 Å². The van der Waals surface area contributed by atoms with E-state index in [-0.39, 0.29) is 16.8 Å². The molecule has 0 saturated carbocycles. The van der Waals surface area contributed by atoms with Gasteiger partial charge in [-0.2, -0.15) is 0 Å². The Labute approximate surface area is 185 Å². The van der Waals surface area contributed by atoms with Crippen molar-refractivity contribution in [1.82, 2.24) is 10.2 Å². The predicted molar refractivity (Wildman–Crippen MR) is 118 cm³/mol. The Morgan fingerprint density at radius 2 is 2.00 bits per heavy atom. The number of halogens is 1. The first-order valence-corrected chi connectivity index (χ1v) is 10.8. The lowest BCUT2D eigenvalue weighted by Gasteiger charge is -2.23. The number of carbonyl (C=O) groups excluding carboxylic acids is 1. The highest BCUT2D eigenvalue weighted by atomic mass is 35.5. The van der Waals surface area contributed by atoms with Gasteiger partial charge in [0.05, 0.1) is 18.1 Å². The van der Waals surface area contributed by atoms with E-state index >= 15 is 0 Å². The fourth-order valence-electron chi connectivity index (χ4n) is 3.81. The molecule has 31 heavy (non-hydrogen) atoms. The van der Waals surface area contributed by atoms with Crippen molar-refractivity contribution in [3.05, 3.63) is 79.6 Å². The molecule has 5 rings (SSSR count). The standard InChI is InChI=1S/C22H16ClN3O4S/c1-3-16-24-25-22(31-16)26-18(12-6-4-5-7-14(12)29-2)17-19(27)13-10-11(23)8-9-15(13)30-20(17)21(26)28/h4-10,18H,3H2,1-2H3/t18-/m0/s1. The largest absolute Gasteiger partial charge is 0.496 e. The van der Waals surface area contributed by atoms with Crippen LogP contribution < -0.4 is 15.1 Å². The van der Waals surface area contributed by atoms with Gasteiger partial charge < -0.3 is 9.15 Å². The number of para-hydroxylation sites is 1. The minimum Gasteiger partial charge on any atom is -0.496 e. The molecule has 0 bridgehead atoms. The number of anilines is 1. The summed E-state index contributed by atoms with van der Waals surface area (Å²) in [6.07, 6.45) is 0.686. The highest BCUT2D eigenvalue weighted by molar-refractivity contribution is 7.15. The zero-order chi connectivity index (χ0) is 21.7. The molecule has 0 N–H and O–H groups in total. The summed E-state index contributed by atoms with van der Waals surface area (Å²) in [6.45, 7) is 1.96. The number of rotatable bonds is 4. The van der Waals surface area contributed by atoms with Crippen LogP contribution in [0.15, 0.2) is 51.7 Å². The molecular formula is C22H16ClN3O4S. The number of hydrogen-bond acceptors (Lipinski definition) is 7. The number of amides is 1. The second-order valence-corrected chi connectivity index (χ2v) is 8.44. The van der Waals surface area contributed by atoms with Gasteiger partial charge >= 0.3 is 0 Å². The fourth-order valence-corrected chi connectivity index (χ4v) is 4.79. The Morgan fingerprint density at radius 3 is 2.74 bits per heavy atom. The third-order valence-electron chi connectivity index (χ3n) is 5.23. The Morgan fingerprint density at radius 1 is 1.19 bits per heavy atom. The van der Waals surface area contributed by atoms with Gasteiger partial charge in [-0.15, -0.1) is 10.2 Å². The zero-order valence-electron chi connectivity index (χ0n) is 16.6. The summed E-state index contributed by atoms with van der Waals surface area (Å²) in [7, 11) is 1.55. The average molecular weight is 454 g/mol. The summed E-state index contributed by atoms with van der Waals surface area (Å²) in [6, 6.07) is 11.3. The normalized spacial score (nSPS) is 15.5. The topological polar surface area (TPSA) is 85.5 Å². The highest BCUT2D eigenvalue weighted by Crippen LogP contribution is 2.44. The van der Waals surface area contributed by atoms with Crippen LogP contribution in [-0.2, 0) is 6.42 Å². The van der Waals surface area contributed by atoms with Crippen LogP contribution in [0.5, 0.6) is 5.75 Å². The van der Waals surface area contributed by atoms with Gasteiger partial charge in [0, 0.05) is 10.6 Å². The number of nitrogens with zero attached hydrogens (tertiary/aromatic N) is 3. The Balaban J connectivity index is 1.83. The van der Waals surface area contributed by atoms with Crippen LogP contribution in [0.2, 0.25) is 5.02 Å². The third-order valence-corrected chi connectivity index (χ3v) is 6.53. The molecule has 0 fully saturated rings. The molecule has 0 unspecified atom stereocenters. The molecule has 2 aromatic carbocycles. The molecule has 0 radical (unpaired) electrons. The molecule has 3 heterocycles. The van der Waals surface area contributed by atoms with Crippen molar-refractivity contribution in [1.29, 1.82) is 0 Å². The van der Waals surface area contributed by atoms with Gasteiger partial charge in [-0.1, -0.05) is 48.1 Å². The molecule has 1 aliphatic rings. The number of methoxy groups -OCH3 is 1. The minimum atomic E-state index is -0.768. The van der Waals surface area contributed by atoms with Gasteiger partial charge in [0.25, 0.3) is 5.91 Å². The maximum atomic E-state index is 13.6. The number of fused-ring (bicyclic) bond motifs is 2. The summed E-state index contributed by atoms with van der Waals surface area (Å²) >= 11 is 7.43. The molecule has 4 aromatic rings. The molecular weight excluding hydrogens is 438 g/mol. The first-order chi connectivity index (χ1) is 15.0. The maximum Gasteiger partial charge on any atom is 0.297 e. The number of benzene rings is 2. The van der Waals surface area contributed by atoms with Crippen LogP contribution in [0.4, 0.5) is 5.13 Å². The number of aryl methyl sites for hydroxylation is 1. The monoisotopic (exact) mass is 453 g/mol. The number of hydrogen-bond donors (Lipinski definition) is 0. The van der Waals surface area contributed by atoms with Crippen molar-refractivity contribution in [2.45, 2.75) is 19.4 Å². The van der Waals surface area contributed by atoms with Crippen molar-refractivity contribution >= 4 is 44.9 Å². The lowest BCUT2D eigenvalue weighted by Crippen LogP contribution is -2.29. The van der Waals surface area contributed by atoms with Crippen LogP contribution in [-0.4, -0.2) is 23.2 Å². The van der Waals surface area contributed by atoms with Crippen LogP contribution in [0.25, 0.3) is 11.0 Å². The molecule has 0 aliphatic carbocycles. The van der Waals surface area contributed by atoms with E-state index in [9.17, 15) is 9.59 Å². The Bertz CT molecular complexity index is 1400. The van der Waals surface area contributed by atoms with Gasteiger partial charge in [0.1, 0.15) is 22.4 Å². The molecule has 7 nitrogen and oxygen atoms in total. The molecule has 1 atom stereocenters. The van der Waals surface area contributed by atoms with E-state index in [0.29, 0.717) is 38.9 Å². The van der Waals surface area contributed by atoms with Gasteiger partial charge in [-0.05, 0) is 30.7 Å². The average Bonchev–Trinajstić information content (AvgIpc) is 3.37. The van der Waals surface area contributed by atoms with E-state index in [1.54, 1.807) is 31.4 Å². The van der Waals surface area contributed by atoms with Crippen LogP contribution in [0.1, 0.15) is 39.7 Å². The molecule has 0 saturated heterocycles. The second-order valence-electron chi connectivity index (χ2n) is 6.97. The summed E-state index contributed by atoms with van der Waals surface area (Å²) < 4.78 is 11.5. The summed E-state index contributed by atoms with van der Waals surface area (Å²) in [5.41, 5.74) is 0.871. The summed E-state index contributed by atoms with van der Waals surface area (Å²) in [5.74, 6) is 0.0895. The van der Waals surface area contributed by atoms with Crippen molar-refractivity contribution in [2.24, 2.45) is 0 Å². The lowest BCUT2D eigenvalue weighted by molar-refractivity contribution is 0.0970. The summed E-state index contributed by atoms with van der Waals surface area (Å²) in [4.78, 5) is 28.5. The van der Waals surface area contributed by atoms with Gasteiger partial charge in [0.2, 0.25) is 10.9 Å². The van der Waals surface area contributed by atoms with E-state index in [4.69, 9.17) is 20.8 Å². The second kappa shape index (κ2) is 7.47. The first-order valence-electron chi connectivity index (χ1n) is 9.58. The molecule has 1 aliphatic heterocycles. The van der Waals surface area contributed by atoms with Gasteiger partial charge in [0.15, 0.2) is 5.43 Å². The van der Waals surface area contributed by atoms with Crippen molar-refractivity contribution < 1.29 is 13.9 Å². The number of carbonyl (C=O) groups is 1. The zero-order valence-corrected chi connectivity index (χ0v) is 18.2. The van der Waals surface area contributed by atoms with Crippen LogP contribution >= 0.6 is 22.9 Å². The minimum absolute atomic E-state index is 0.0102. The number of ether oxygens (including phenoxy) is 1. The van der Waals surface area contributed by atoms with E-state index in [1.165, 1.54) is 16.2 Å². The smallest absolute Gasteiger partial charge is 0.297 e. The summed E-state index contributed by atoms with van der Waals surface area (Å²) in [5, 5.41) is 10.3. The van der Waals surface area contributed by atoms with E-state index in [1.807, 2.05) is 25.1 Å². The van der Waals surface area contributed by atoms with Crippen molar-refractivity contribution in [3.8, 4) is 5.75 Å². The number of aromatic nitrogens is 2. The van der Waals surface area contributed by atoms with E-state index in [2.05, 4.69) is 10.2 Å². The molecule has 2 aromatic heterocycles. The van der Waals surface area contributed by atoms with E-state index in [0.717, 1.165) is 5.01 Å². The molecule has 156 valence electrons. The SMILES string of the molecule is CCc1nnc(N2C(=O)c3oc4ccc(Cl)cc4c(=O)c3[C@@H]2c2ccccc2OC)s1. The fraction of sp³-hybridized carbons (Fsp3) is 0.182. The lowest BCUT2D eigenvalue weighted by atomic mass is 9.98. The third kappa shape index (κ3) is 3.02. The van der Waals surface area contributed by atoms with Gasteiger partial charge in [-0.25, -0.2) is 0 Å². The highest BCUT2D eigenvalue weighted by Gasteiger charge is 2.46. The predicted octanol–water partition coefficient (Wildman–Crippen LogP) is 4.62. The van der Waals surface area contributed by atoms with Gasteiger partial charge in [-0.3, -0.25) is 14.5 Å². The first kappa shape index (κ1) is 19.7. The maximum absolute atomic E-state index is 13.6. The van der Waals surface area contributed by atoms with Crippen molar-refractivity contribution in [3.63, 3.8) is 0 Å². The molecule has 9 heteroatoms. The Hall–Kier alpha value is -3.23. The molecule has 0 spiro atoms. The van der Waals surface area contributed by atoms with Crippen LogP contribution in [0.3, 0.4) is 0 Å². The molecule has 1 amide bonds. The Kier molecular flexibility index (Phi) is 4.75.